The summed E-state index contributed by atoms with van der Waals surface area (Å²) in [6.45, 7) is 5.73. The van der Waals surface area contributed by atoms with Crippen molar-refractivity contribution in [1.29, 1.82) is 0 Å². The van der Waals surface area contributed by atoms with E-state index in [-0.39, 0.29) is 17.8 Å². The average Bonchev–Trinajstić information content (AvgIpc) is 3.13. The molecule has 8 heteroatoms. The Morgan fingerprint density at radius 1 is 1.00 bits per heavy atom. The van der Waals surface area contributed by atoms with Crippen molar-refractivity contribution in [2.45, 2.75) is 60.0 Å². The number of alkyl carbamates (subject to hydrolysis) is 1. The van der Waals surface area contributed by atoms with Crippen molar-refractivity contribution in [3.63, 3.8) is 0 Å². The summed E-state index contributed by atoms with van der Waals surface area (Å²) in [4.78, 5) is 27.3. The maximum absolute atomic E-state index is 12.7. The molecular formula is C23H27NO5S2. The maximum atomic E-state index is 12.7. The van der Waals surface area contributed by atoms with Crippen molar-refractivity contribution in [2.75, 3.05) is 6.61 Å². The molecule has 0 saturated heterocycles. The predicted octanol–water partition coefficient (Wildman–Crippen LogP) is 5.21. The highest BCUT2D eigenvalue weighted by Gasteiger charge is 2.27. The van der Waals surface area contributed by atoms with E-state index in [1.807, 2.05) is 42.5 Å². The van der Waals surface area contributed by atoms with Gasteiger partial charge in [-0.2, -0.15) is 0 Å². The zero-order valence-corrected chi connectivity index (χ0v) is 19.5. The van der Waals surface area contributed by atoms with Gasteiger partial charge >= 0.3 is 12.1 Å². The zero-order chi connectivity index (χ0) is 22.3. The van der Waals surface area contributed by atoms with E-state index in [2.05, 4.69) is 17.4 Å². The minimum absolute atomic E-state index is 0.0834. The Morgan fingerprint density at radius 3 is 2.23 bits per heavy atom. The number of rotatable bonds is 8. The van der Waals surface area contributed by atoms with Crippen LogP contribution in [0.2, 0.25) is 0 Å². The van der Waals surface area contributed by atoms with E-state index in [1.54, 1.807) is 44.3 Å². The first-order valence-corrected chi connectivity index (χ1v) is 11.8. The Bertz CT molecular complexity index is 860. The summed E-state index contributed by atoms with van der Waals surface area (Å²) in [6.07, 6.45) is -0.382. The molecule has 1 atom stereocenters. The van der Waals surface area contributed by atoms with E-state index in [9.17, 15) is 9.59 Å². The Hall–Kier alpha value is -2.16. The van der Waals surface area contributed by atoms with Gasteiger partial charge in [-0.1, -0.05) is 66.0 Å². The number of hydrogen-bond acceptors (Lipinski definition) is 7. The first kappa shape index (κ1) is 23.5. The highest BCUT2D eigenvalue weighted by atomic mass is 32.2. The van der Waals surface area contributed by atoms with E-state index in [0.717, 1.165) is 5.56 Å². The largest absolute Gasteiger partial charge is 0.459 e. The molecular weight excluding hydrogens is 434 g/mol. The molecule has 0 radical (unpaired) electrons. The normalized spacial score (nSPS) is 14.5. The first-order chi connectivity index (χ1) is 14.8. The number of thioether (sulfide) groups is 2. The van der Waals surface area contributed by atoms with Gasteiger partial charge in [-0.15, -0.1) is 0 Å². The molecule has 2 aromatic rings. The molecule has 0 aromatic heterocycles. The SMILES string of the molecule is CC(C)(C)OC(=O)N[C@@H](CCOC1Sc2ccccc2S1)C(=O)OCc1ccccc1. The summed E-state index contributed by atoms with van der Waals surface area (Å²) < 4.78 is 16.6. The summed E-state index contributed by atoms with van der Waals surface area (Å²) >= 11 is 3.28. The van der Waals surface area contributed by atoms with Crippen molar-refractivity contribution >= 4 is 35.6 Å². The van der Waals surface area contributed by atoms with E-state index < -0.39 is 23.7 Å². The van der Waals surface area contributed by atoms with Crippen LogP contribution in [0.25, 0.3) is 0 Å². The van der Waals surface area contributed by atoms with Crippen molar-refractivity contribution in [3.05, 3.63) is 60.2 Å². The molecule has 0 spiro atoms. The number of fused-ring (bicyclic) bond motifs is 1. The van der Waals surface area contributed by atoms with Crippen molar-refractivity contribution in [1.82, 2.24) is 5.32 Å². The van der Waals surface area contributed by atoms with Gasteiger partial charge in [0.15, 0.2) is 4.77 Å². The van der Waals surface area contributed by atoms with Gasteiger partial charge in [0.1, 0.15) is 18.2 Å². The molecule has 0 aliphatic carbocycles. The Balaban J connectivity index is 1.53. The number of carbonyl (C=O) groups is 2. The number of ether oxygens (including phenoxy) is 3. The lowest BCUT2D eigenvalue weighted by Crippen LogP contribution is -2.44. The van der Waals surface area contributed by atoms with Crippen molar-refractivity contribution in [2.24, 2.45) is 0 Å². The van der Waals surface area contributed by atoms with Gasteiger partial charge in [-0.05, 0) is 38.5 Å². The molecule has 1 aliphatic rings. The predicted molar refractivity (Wildman–Crippen MR) is 122 cm³/mol. The molecule has 6 nitrogen and oxygen atoms in total. The third-order valence-corrected chi connectivity index (χ3v) is 6.74. The molecule has 0 unspecified atom stereocenters. The van der Waals surface area contributed by atoms with Crippen LogP contribution >= 0.6 is 23.5 Å². The third kappa shape index (κ3) is 7.79. The van der Waals surface area contributed by atoms with Gasteiger partial charge in [0.05, 0.1) is 6.61 Å². The standard InChI is InChI=1S/C23H27NO5S2/c1-23(2,3)29-21(26)24-17(20(25)28-15-16-9-5-4-6-10-16)13-14-27-22-30-18-11-7-8-12-19(18)31-22/h4-12,17,22H,13-15H2,1-3H3,(H,24,26)/t17-/m0/s1. The molecule has 3 rings (SSSR count). The van der Waals surface area contributed by atoms with Gasteiger partial charge in [0.2, 0.25) is 0 Å². The van der Waals surface area contributed by atoms with Crippen molar-refractivity contribution < 1.29 is 23.8 Å². The molecule has 1 aliphatic heterocycles. The summed E-state index contributed by atoms with van der Waals surface area (Å²) in [5, 5.41) is 2.62. The highest BCUT2D eigenvalue weighted by molar-refractivity contribution is 8.19. The molecule has 0 bridgehead atoms. The van der Waals surface area contributed by atoms with Crippen LogP contribution in [0.3, 0.4) is 0 Å². The number of carbonyl (C=O) groups excluding carboxylic acids is 2. The molecule has 166 valence electrons. The lowest BCUT2D eigenvalue weighted by Gasteiger charge is -2.23. The highest BCUT2D eigenvalue weighted by Crippen LogP contribution is 2.47. The second-order valence-corrected chi connectivity index (χ2v) is 10.4. The number of nitrogens with one attached hydrogen (secondary N) is 1. The van der Waals surface area contributed by atoms with Gasteiger partial charge in [0, 0.05) is 16.2 Å². The van der Waals surface area contributed by atoms with Gasteiger partial charge in [-0.25, -0.2) is 9.59 Å². The maximum Gasteiger partial charge on any atom is 0.408 e. The van der Waals surface area contributed by atoms with Crippen LogP contribution in [0, 0.1) is 0 Å². The minimum Gasteiger partial charge on any atom is -0.459 e. The van der Waals surface area contributed by atoms with Crippen LogP contribution in [0.15, 0.2) is 64.4 Å². The van der Waals surface area contributed by atoms with Crippen LogP contribution in [-0.2, 0) is 25.6 Å². The lowest BCUT2D eigenvalue weighted by atomic mass is 10.2. The summed E-state index contributed by atoms with van der Waals surface area (Å²) in [5.74, 6) is -0.520. The quantitative estimate of drug-likeness (QED) is 0.541. The lowest BCUT2D eigenvalue weighted by molar-refractivity contribution is -0.148. The monoisotopic (exact) mass is 461 g/mol. The number of benzene rings is 2. The van der Waals surface area contributed by atoms with Gasteiger partial charge < -0.3 is 19.5 Å². The Kier molecular flexibility index (Phi) is 8.28. The third-order valence-electron chi connectivity index (χ3n) is 4.16. The molecule has 1 N–H and O–H groups in total. The Labute approximate surface area is 191 Å². The van der Waals surface area contributed by atoms with E-state index in [1.165, 1.54) is 9.79 Å². The van der Waals surface area contributed by atoms with E-state index >= 15 is 0 Å². The molecule has 1 amide bonds. The van der Waals surface area contributed by atoms with E-state index in [4.69, 9.17) is 14.2 Å². The van der Waals surface area contributed by atoms with Crippen LogP contribution in [-0.4, -0.2) is 35.1 Å². The summed E-state index contributed by atoms with van der Waals surface area (Å²) in [6, 6.07) is 16.7. The molecule has 0 saturated carbocycles. The molecule has 1 heterocycles. The van der Waals surface area contributed by atoms with Crippen molar-refractivity contribution in [3.8, 4) is 0 Å². The summed E-state index contributed by atoms with van der Waals surface area (Å²) in [5.41, 5.74) is 0.210. The number of amides is 1. The van der Waals surface area contributed by atoms with Crippen LogP contribution < -0.4 is 5.32 Å². The minimum atomic E-state index is -0.864. The Morgan fingerprint density at radius 2 is 1.61 bits per heavy atom. The number of esters is 1. The topological polar surface area (TPSA) is 73.9 Å². The van der Waals surface area contributed by atoms with Crippen LogP contribution in [0.4, 0.5) is 4.79 Å². The second kappa shape index (κ2) is 10.9. The number of hydrogen-bond donors (Lipinski definition) is 1. The fourth-order valence-electron chi connectivity index (χ4n) is 2.75. The first-order valence-electron chi connectivity index (χ1n) is 10.0. The fourth-order valence-corrected chi connectivity index (χ4v) is 5.28. The van der Waals surface area contributed by atoms with Crippen LogP contribution in [0.5, 0.6) is 0 Å². The fraction of sp³-hybridized carbons (Fsp3) is 0.391. The molecule has 31 heavy (non-hydrogen) atoms. The summed E-state index contributed by atoms with van der Waals surface area (Å²) in [7, 11) is 0. The second-order valence-electron chi connectivity index (χ2n) is 7.92. The average molecular weight is 462 g/mol. The smallest absolute Gasteiger partial charge is 0.408 e. The van der Waals surface area contributed by atoms with E-state index in [0.29, 0.717) is 6.61 Å². The van der Waals surface area contributed by atoms with Crippen LogP contribution in [0.1, 0.15) is 32.8 Å². The molecule has 2 aromatic carbocycles. The molecule has 0 fully saturated rings. The van der Waals surface area contributed by atoms with Gasteiger partial charge in [-0.3, -0.25) is 0 Å². The van der Waals surface area contributed by atoms with Gasteiger partial charge in [0.25, 0.3) is 0 Å². The zero-order valence-electron chi connectivity index (χ0n) is 17.8.